The van der Waals surface area contributed by atoms with Crippen molar-refractivity contribution in [1.82, 2.24) is 4.98 Å². The van der Waals surface area contributed by atoms with E-state index in [2.05, 4.69) is 45.9 Å². The van der Waals surface area contributed by atoms with Crippen LogP contribution in [-0.4, -0.2) is 4.98 Å². The van der Waals surface area contributed by atoms with Crippen molar-refractivity contribution >= 4 is 10.9 Å². The lowest BCUT2D eigenvalue weighted by molar-refractivity contribution is 0.924. The van der Waals surface area contributed by atoms with Gasteiger partial charge in [-0.1, -0.05) is 38.5 Å². The predicted molar refractivity (Wildman–Crippen MR) is 74.6 cm³/mol. The number of pyridine rings is 1. The molecule has 0 saturated carbocycles. The van der Waals surface area contributed by atoms with Gasteiger partial charge in [-0.2, -0.15) is 0 Å². The number of para-hydroxylation sites is 1. The number of benzene rings is 1. The van der Waals surface area contributed by atoms with E-state index in [-0.39, 0.29) is 0 Å². The smallest absolute Gasteiger partial charge is 0.0740 e. The summed E-state index contributed by atoms with van der Waals surface area (Å²) in [4.78, 5) is 4.80. The molecule has 1 heteroatoms. The molecule has 1 aromatic heterocycles. The van der Waals surface area contributed by atoms with Gasteiger partial charge in [0, 0.05) is 11.1 Å². The van der Waals surface area contributed by atoms with Crippen LogP contribution >= 0.6 is 0 Å². The maximum atomic E-state index is 4.80. The van der Waals surface area contributed by atoms with Gasteiger partial charge in [-0.25, -0.2) is 0 Å². The minimum Gasteiger partial charge on any atom is -0.253 e. The van der Waals surface area contributed by atoms with Crippen LogP contribution in [0.25, 0.3) is 10.9 Å². The van der Waals surface area contributed by atoms with Crippen LogP contribution in [0.5, 0.6) is 0 Å². The van der Waals surface area contributed by atoms with Crippen molar-refractivity contribution in [2.45, 2.75) is 47.0 Å². The second-order valence-electron chi connectivity index (χ2n) is 4.72. The molecule has 0 fully saturated rings. The molecule has 0 spiro atoms. The molecule has 0 atom stereocenters. The molecule has 17 heavy (non-hydrogen) atoms. The van der Waals surface area contributed by atoms with E-state index in [0.29, 0.717) is 0 Å². The second kappa shape index (κ2) is 4.87. The summed E-state index contributed by atoms with van der Waals surface area (Å²) in [6, 6.07) is 6.60. The molecule has 1 heterocycles. The standard InChI is InChI=1S/C16H21N/c1-5-8-13-9-7-10-15-14(6-2)11(3)12(4)17-16(13)15/h7,9-10H,5-6,8H2,1-4H3. The number of aromatic nitrogens is 1. The van der Waals surface area contributed by atoms with Gasteiger partial charge >= 0.3 is 0 Å². The average molecular weight is 227 g/mol. The molecular weight excluding hydrogens is 206 g/mol. The van der Waals surface area contributed by atoms with Crippen molar-refractivity contribution in [1.29, 1.82) is 0 Å². The van der Waals surface area contributed by atoms with Crippen LogP contribution in [0.4, 0.5) is 0 Å². The molecule has 0 bridgehead atoms. The lowest BCUT2D eigenvalue weighted by atomic mass is 9.96. The van der Waals surface area contributed by atoms with Crippen LogP contribution in [0, 0.1) is 13.8 Å². The zero-order valence-corrected chi connectivity index (χ0v) is 11.3. The minimum absolute atomic E-state index is 1.08. The van der Waals surface area contributed by atoms with Crippen LogP contribution in [0.3, 0.4) is 0 Å². The monoisotopic (exact) mass is 227 g/mol. The number of hydrogen-bond acceptors (Lipinski definition) is 1. The third kappa shape index (κ3) is 2.06. The molecule has 0 aliphatic heterocycles. The fourth-order valence-corrected chi connectivity index (χ4v) is 2.57. The van der Waals surface area contributed by atoms with Gasteiger partial charge in [-0.15, -0.1) is 0 Å². The molecule has 0 aliphatic rings. The first-order valence-corrected chi connectivity index (χ1v) is 6.56. The first-order valence-electron chi connectivity index (χ1n) is 6.56. The topological polar surface area (TPSA) is 12.9 Å². The molecule has 2 rings (SSSR count). The first kappa shape index (κ1) is 12.1. The number of nitrogens with zero attached hydrogens (tertiary/aromatic N) is 1. The largest absolute Gasteiger partial charge is 0.253 e. The number of fused-ring (bicyclic) bond motifs is 1. The van der Waals surface area contributed by atoms with E-state index in [4.69, 9.17) is 4.98 Å². The maximum absolute atomic E-state index is 4.80. The Morgan fingerprint density at radius 1 is 1.12 bits per heavy atom. The third-order valence-corrected chi connectivity index (χ3v) is 3.59. The summed E-state index contributed by atoms with van der Waals surface area (Å²) >= 11 is 0. The van der Waals surface area contributed by atoms with Crippen molar-refractivity contribution in [3.05, 3.63) is 40.6 Å². The Kier molecular flexibility index (Phi) is 3.46. The summed E-state index contributed by atoms with van der Waals surface area (Å²) in [6.07, 6.45) is 3.38. The Balaban J connectivity index is 2.79. The molecule has 1 nitrogen and oxygen atoms in total. The van der Waals surface area contributed by atoms with Crippen molar-refractivity contribution in [2.24, 2.45) is 0 Å². The molecular formula is C16H21N. The highest BCUT2D eigenvalue weighted by atomic mass is 14.7. The zero-order valence-electron chi connectivity index (χ0n) is 11.3. The molecule has 0 amide bonds. The van der Waals surface area contributed by atoms with Crippen molar-refractivity contribution < 1.29 is 0 Å². The van der Waals surface area contributed by atoms with Gasteiger partial charge in [0.25, 0.3) is 0 Å². The highest BCUT2D eigenvalue weighted by molar-refractivity contribution is 5.86. The number of hydrogen-bond donors (Lipinski definition) is 0. The fourth-order valence-electron chi connectivity index (χ4n) is 2.57. The van der Waals surface area contributed by atoms with Crippen LogP contribution in [0.1, 0.15) is 42.7 Å². The molecule has 0 radical (unpaired) electrons. The van der Waals surface area contributed by atoms with Crippen LogP contribution in [0.15, 0.2) is 18.2 Å². The second-order valence-corrected chi connectivity index (χ2v) is 4.72. The van der Waals surface area contributed by atoms with E-state index in [1.807, 2.05) is 0 Å². The highest BCUT2D eigenvalue weighted by Gasteiger charge is 2.10. The van der Waals surface area contributed by atoms with Gasteiger partial charge in [0.2, 0.25) is 0 Å². The lowest BCUT2D eigenvalue weighted by Gasteiger charge is -2.13. The fraction of sp³-hybridized carbons (Fsp3) is 0.438. The van der Waals surface area contributed by atoms with Crippen LogP contribution in [0.2, 0.25) is 0 Å². The van der Waals surface area contributed by atoms with Crippen molar-refractivity contribution in [3.63, 3.8) is 0 Å². The summed E-state index contributed by atoms with van der Waals surface area (Å²) in [6.45, 7) is 8.76. The number of aryl methyl sites for hydroxylation is 3. The summed E-state index contributed by atoms with van der Waals surface area (Å²) in [5, 5.41) is 1.35. The van der Waals surface area contributed by atoms with E-state index in [1.165, 1.54) is 39.7 Å². The van der Waals surface area contributed by atoms with E-state index < -0.39 is 0 Å². The van der Waals surface area contributed by atoms with E-state index in [9.17, 15) is 0 Å². The normalized spacial score (nSPS) is 11.1. The molecule has 0 N–H and O–H groups in total. The molecule has 0 saturated heterocycles. The Labute approximate surface area is 104 Å². The zero-order chi connectivity index (χ0) is 12.4. The Morgan fingerprint density at radius 2 is 1.88 bits per heavy atom. The van der Waals surface area contributed by atoms with E-state index in [1.54, 1.807) is 0 Å². The summed E-state index contributed by atoms with van der Waals surface area (Å²) in [5.74, 6) is 0. The van der Waals surface area contributed by atoms with E-state index in [0.717, 1.165) is 12.8 Å². The Hall–Kier alpha value is -1.37. The summed E-state index contributed by atoms with van der Waals surface area (Å²) in [5.41, 5.74) is 6.61. The van der Waals surface area contributed by atoms with Gasteiger partial charge in [0.1, 0.15) is 0 Å². The summed E-state index contributed by atoms with van der Waals surface area (Å²) < 4.78 is 0. The number of rotatable bonds is 3. The Bertz CT molecular complexity index is 541. The molecule has 0 aliphatic carbocycles. The third-order valence-electron chi connectivity index (χ3n) is 3.59. The average Bonchev–Trinajstić information content (AvgIpc) is 2.32. The molecule has 1 aromatic carbocycles. The van der Waals surface area contributed by atoms with Gasteiger partial charge in [0.15, 0.2) is 0 Å². The minimum atomic E-state index is 1.08. The Morgan fingerprint density at radius 3 is 2.53 bits per heavy atom. The quantitative estimate of drug-likeness (QED) is 0.759. The van der Waals surface area contributed by atoms with Crippen LogP contribution in [-0.2, 0) is 12.8 Å². The predicted octanol–water partition coefficient (Wildman–Crippen LogP) is 4.37. The molecule has 90 valence electrons. The van der Waals surface area contributed by atoms with Gasteiger partial charge < -0.3 is 0 Å². The van der Waals surface area contributed by atoms with Gasteiger partial charge in [-0.3, -0.25) is 4.98 Å². The van der Waals surface area contributed by atoms with Crippen molar-refractivity contribution in [2.75, 3.05) is 0 Å². The lowest BCUT2D eigenvalue weighted by Crippen LogP contribution is -1.99. The molecule has 0 unspecified atom stereocenters. The van der Waals surface area contributed by atoms with Crippen LogP contribution < -0.4 is 0 Å². The van der Waals surface area contributed by atoms with E-state index >= 15 is 0 Å². The van der Waals surface area contributed by atoms with Gasteiger partial charge in [0.05, 0.1) is 5.52 Å². The first-order chi connectivity index (χ1) is 8.19. The molecule has 2 aromatic rings. The SMILES string of the molecule is CCCc1cccc2c(CC)c(C)c(C)nc12. The van der Waals surface area contributed by atoms with Gasteiger partial charge in [-0.05, 0) is 43.4 Å². The maximum Gasteiger partial charge on any atom is 0.0740 e. The highest BCUT2D eigenvalue weighted by Crippen LogP contribution is 2.26. The van der Waals surface area contributed by atoms with Crippen molar-refractivity contribution in [3.8, 4) is 0 Å². The summed E-state index contributed by atoms with van der Waals surface area (Å²) in [7, 11) is 0.